The van der Waals surface area contributed by atoms with Crippen molar-refractivity contribution in [2.24, 2.45) is 11.7 Å². The number of hydrogen-bond donors (Lipinski definition) is 2. The third kappa shape index (κ3) is 5.83. The summed E-state index contributed by atoms with van der Waals surface area (Å²) in [5.74, 6) is 0.179. The predicted molar refractivity (Wildman–Crippen MR) is 165 cm³/mol. The highest BCUT2D eigenvalue weighted by atomic mass is 28.4. The van der Waals surface area contributed by atoms with Crippen molar-refractivity contribution in [1.29, 1.82) is 0 Å². The topological polar surface area (TPSA) is 67.6 Å². The number of nitrogens with one attached hydrogen (secondary N) is 1. The molecule has 3 N–H and O–H groups in total. The van der Waals surface area contributed by atoms with Crippen molar-refractivity contribution in [1.82, 2.24) is 5.32 Å². The second kappa shape index (κ2) is 11.7. The van der Waals surface area contributed by atoms with E-state index >= 15 is 0 Å². The van der Waals surface area contributed by atoms with Crippen molar-refractivity contribution in [3.63, 3.8) is 0 Å². The molecule has 3 atom stereocenters. The number of fused-ring (bicyclic) bond motifs is 1. The summed E-state index contributed by atoms with van der Waals surface area (Å²) in [5, 5.41) is 5.72. The summed E-state index contributed by atoms with van der Waals surface area (Å²) in [6.45, 7) is 13.5. The number of nitrogens with zero attached hydrogens (tertiary/aromatic N) is 1. The maximum Gasteiger partial charge on any atom is 0.261 e. The quantitative estimate of drug-likeness (QED) is 0.421. The fraction of sp³-hybridized carbons (Fsp3) is 0.424. The summed E-state index contributed by atoms with van der Waals surface area (Å²) in [4.78, 5) is 15.8. The lowest BCUT2D eigenvalue weighted by atomic mass is 9.93. The van der Waals surface area contributed by atoms with Gasteiger partial charge in [-0.05, 0) is 51.9 Å². The minimum Gasteiger partial charge on any atom is -0.405 e. The van der Waals surface area contributed by atoms with Crippen molar-refractivity contribution in [3.8, 4) is 0 Å². The fourth-order valence-corrected chi connectivity index (χ4v) is 10.7. The second-order valence-corrected chi connectivity index (χ2v) is 16.7. The van der Waals surface area contributed by atoms with E-state index in [9.17, 15) is 4.79 Å². The van der Waals surface area contributed by atoms with Gasteiger partial charge in [-0.25, -0.2) is 0 Å². The number of carbonyl (C=O) groups is 1. The SMILES string of the molecule is CC(N)c1ccc2c(c1)N(C)[C@@H](C(C)C)C(=O)N[C@H](CO[Si](c1ccccc1)(c1ccccc1)C(C)(C)C)C2. The Kier molecular flexibility index (Phi) is 8.69. The van der Waals surface area contributed by atoms with E-state index in [2.05, 4.69) is 124 Å². The lowest BCUT2D eigenvalue weighted by Gasteiger charge is -2.44. The van der Waals surface area contributed by atoms with Gasteiger partial charge in [-0.2, -0.15) is 0 Å². The summed E-state index contributed by atoms with van der Waals surface area (Å²) < 4.78 is 7.24. The number of hydrogen-bond acceptors (Lipinski definition) is 4. The van der Waals surface area contributed by atoms with Gasteiger partial charge in [0.15, 0.2) is 0 Å². The largest absolute Gasteiger partial charge is 0.405 e. The van der Waals surface area contributed by atoms with Gasteiger partial charge < -0.3 is 20.4 Å². The van der Waals surface area contributed by atoms with Crippen LogP contribution in [0.25, 0.3) is 0 Å². The Hall–Kier alpha value is -2.93. The second-order valence-electron chi connectivity index (χ2n) is 12.4. The first-order chi connectivity index (χ1) is 18.5. The van der Waals surface area contributed by atoms with Crippen LogP contribution in [-0.4, -0.2) is 40.0 Å². The molecule has 0 fully saturated rings. The Bertz CT molecular complexity index is 1220. The molecule has 1 amide bonds. The number of rotatable bonds is 7. The van der Waals surface area contributed by atoms with E-state index in [4.69, 9.17) is 10.2 Å². The van der Waals surface area contributed by atoms with Gasteiger partial charge in [0, 0.05) is 18.8 Å². The zero-order chi connectivity index (χ0) is 28.4. The van der Waals surface area contributed by atoms with Crippen molar-refractivity contribution < 1.29 is 9.22 Å². The summed E-state index contributed by atoms with van der Waals surface area (Å²) in [6.07, 6.45) is 0.688. The third-order valence-electron chi connectivity index (χ3n) is 8.06. The number of amides is 1. The number of carbonyl (C=O) groups excluding carboxylic acids is 1. The Morgan fingerprint density at radius 1 is 0.974 bits per heavy atom. The standard InChI is InChI=1S/C33H45N3O2Si/c1-23(2)31-32(37)35-27(20-26-19-18-25(24(3)34)21-30(26)36(31)7)22-38-39(33(4,5)6,28-14-10-8-11-15-28)29-16-12-9-13-17-29/h8-19,21,23-24,27,31H,20,22,34H2,1-7H3,(H,35,37)/t24?,27-,31-/m0/s1. The molecule has 5 nitrogen and oxygen atoms in total. The first kappa shape index (κ1) is 29.1. The van der Waals surface area contributed by atoms with Crippen molar-refractivity contribution in [2.75, 3.05) is 18.6 Å². The highest BCUT2D eigenvalue weighted by Gasteiger charge is 2.50. The lowest BCUT2D eigenvalue weighted by molar-refractivity contribution is -0.124. The molecule has 39 heavy (non-hydrogen) atoms. The molecule has 3 aromatic carbocycles. The van der Waals surface area contributed by atoms with E-state index in [1.165, 1.54) is 15.9 Å². The first-order valence-electron chi connectivity index (χ1n) is 14.1. The number of anilines is 1. The summed E-state index contributed by atoms with van der Waals surface area (Å²) >= 11 is 0. The Morgan fingerprint density at radius 2 is 1.54 bits per heavy atom. The van der Waals surface area contributed by atoms with Crippen LogP contribution in [0.15, 0.2) is 78.9 Å². The average molecular weight is 544 g/mol. The molecule has 1 unspecified atom stereocenters. The van der Waals surface area contributed by atoms with Crippen molar-refractivity contribution >= 4 is 30.3 Å². The van der Waals surface area contributed by atoms with E-state index in [1.807, 2.05) is 14.0 Å². The summed E-state index contributed by atoms with van der Waals surface area (Å²) in [6, 6.07) is 27.3. The van der Waals surface area contributed by atoms with Crippen LogP contribution in [0.5, 0.6) is 0 Å². The molecule has 0 aromatic heterocycles. The maximum atomic E-state index is 13.7. The van der Waals surface area contributed by atoms with Gasteiger partial charge in [0.1, 0.15) is 6.04 Å². The monoisotopic (exact) mass is 543 g/mol. The molecule has 0 spiro atoms. The smallest absolute Gasteiger partial charge is 0.261 e. The molecular weight excluding hydrogens is 498 g/mol. The molecule has 0 bridgehead atoms. The van der Waals surface area contributed by atoms with E-state index in [0.29, 0.717) is 13.0 Å². The molecule has 1 aliphatic heterocycles. The van der Waals surface area contributed by atoms with E-state index < -0.39 is 8.32 Å². The molecule has 3 aromatic rings. The van der Waals surface area contributed by atoms with Crippen LogP contribution in [0.4, 0.5) is 5.69 Å². The fourth-order valence-electron chi connectivity index (χ4n) is 6.13. The van der Waals surface area contributed by atoms with Crippen LogP contribution >= 0.6 is 0 Å². The normalized spacial score (nSPS) is 19.2. The van der Waals surface area contributed by atoms with Gasteiger partial charge >= 0.3 is 0 Å². The third-order valence-corrected chi connectivity index (χ3v) is 13.1. The molecule has 208 valence electrons. The Labute approximate surface area is 235 Å². The molecule has 1 heterocycles. The minimum atomic E-state index is -2.73. The van der Waals surface area contributed by atoms with Gasteiger partial charge in [-0.3, -0.25) is 4.79 Å². The maximum absolute atomic E-state index is 13.7. The van der Waals surface area contributed by atoms with E-state index in [1.54, 1.807) is 0 Å². The van der Waals surface area contributed by atoms with Gasteiger partial charge in [0.05, 0.1) is 12.6 Å². The number of nitrogens with two attached hydrogens (primary N) is 1. The van der Waals surface area contributed by atoms with Crippen molar-refractivity contribution in [3.05, 3.63) is 90.0 Å². The molecule has 0 saturated heterocycles. The molecule has 1 aliphatic rings. The Balaban J connectivity index is 1.77. The van der Waals surface area contributed by atoms with Crippen LogP contribution < -0.4 is 26.3 Å². The number of likely N-dealkylation sites (N-methyl/N-ethyl adjacent to an activating group) is 1. The van der Waals surface area contributed by atoms with Crippen LogP contribution in [0, 0.1) is 5.92 Å². The molecule has 4 rings (SSSR count). The predicted octanol–water partition coefficient (Wildman–Crippen LogP) is 4.78. The zero-order valence-corrected chi connectivity index (χ0v) is 25.6. The van der Waals surface area contributed by atoms with Crippen LogP contribution in [0.2, 0.25) is 5.04 Å². The average Bonchev–Trinajstić information content (AvgIpc) is 2.88. The molecule has 0 saturated carbocycles. The lowest BCUT2D eigenvalue weighted by Crippen LogP contribution is -2.67. The van der Waals surface area contributed by atoms with Crippen LogP contribution in [0.1, 0.15) is 58.7 Å². The van der Waals surface area contributed by atoms with E-state index in [0.717, 1.165) is 11.3 Å². The van der Waals surface area contributed by atoms with Crippen LogP contribution in [0.3, 0.4) is 0 Å². The summed E-state index contributed by atoms with van der Waals surface area (Å²) in [5.41, 5.74) is 9.59. The van der Waals surface area contributed by atoms with E-state index in [-0.39, 0.29) is 35.0 Å². The first-order valence-corrected chi connectivity index (χ1v) is 16.0. The minimum absolute atomic E-state index is 0.0420. The molecule has 0 radical (unpaired) electrons. The molecule has 6 heteroatoms. The highest BCUT2D eigenvalue weighted by Crippen LogP contribution is 2.37. The highest BCUT2D eigenvalue weighted by molar-refractivity contribution is 6.99. The summed E-state index contributed by atoms with van der Waals surface area (Å²) in [7, 11) is -0.709. The Morgan fingerprint density at radius 3 is 2.03 bits per heavy atom. The molecule has 0 aliphatic carbocycles. The zero-order valence-electron chi connectivity index (χ0n) is 24.6. The van der Waals surface area contributed by atoms with Crippen LogP contribution in [-0.2, 0) is 15.6 Å². The van der Waals surface area contributed by atoms with Gasteiger partial charge in [0.2, 0.25) is 5.91 Å². The number of benzene rings is 3. The molecular formula is C33H45N3O2Si. The van der Waals surface area contributed by atoms with Gasteiger partial charge in [-0.1, -0.05) is 107 Å². The van der Waals surface area contributed by atoms with Gasteiger partial charge in [-0.15, -0.1) is 0 Å². The van der Waals surface area contributed by atoms with Crippen molar-refractivity contribution in [2.45, 2.75) is 71.1 Å². The van der Waals surface area contributed by atoms with Gasteiger partial charge in [0.25, 0.3) is 8.32 Å².